The summed E-state index contributed by atoms with van der Waals surface area (Å²) in [5.74, 6) is -0.723. The van der Waals surface area contributed by atoms with Gasteiger partial charge >= 0.3 is 5.97 Å². The van der Waals surface area contributed by atoms with Gasteiger partial charge in [0.05, 0.1) is 5.92 Å². The van der Waals surface area contributed by atoms with Crippen molar-refractivity contribution in [3.8, 4) is 11.1 Å². The number of carbonyl (C=O) groups is 2. The molecule has 0 bridgehead atoms. The Morgan fingerprint density at radius 2 is 1.57 bits per heavy atom. The van der Waals surface area contributed by atoms with Crippen LogP contribution in [0.25, 0.3) is 11.1 Å². The van der Waals surface area contributed by atoms with E-state index < -0.39 is 5.97 Å². The van der Waals surface area contributed by atoms with Crippen LogP contribution in [0.5, 0.6) is 0 Å². The molecule has 1 amide bonds. The fraction of sp³-hybridized carbons (Fsp3) is 0.533. The molecule has 4 rings (SSSR count). The van der Waals surface area contributed by atoms with Gasteiger partial charge in [-0.05, 0) is 80.2 Å². The van der Waals surface area contributed by atoms with Crippen LogP contribution in [-0.4, -0.2) is 59.0 Å². The zero-order chi connectivity index (χ0) is 24.8. The van der Waals surface area contributed by atoms with Crippen LogP contribution >= 0.6 is 0 Å². The molecule has 0 spiro atoms. The number of hydrogen-bond donors (Lipinski definition) is 1. The normalized spacial score (nSPS) is 20.2. The van der Waals surface area contributed by atoms with Gasteiger partial charge in [0.1, 0.15) is 0 Å². The number of nitrogens with zero attached hydrogens (tertiary/aromatic N) is 2. The SMILES string of the molecule is CCC(CC(=O)N1CCC(C(=O)O)CC1)c1ccc(-c2ccc(CCN3CCCC3C)cc2)cc1. The summed E-state index contributed by atoms with van der Waals surface area (Å²) in [7, 11) is 0. The molecular weight excluding hydrogens is 436 g/mol. The Morgan fingerprint density at radius 1 is 0.943 bits per heavy atom. The van der Waals surface area contributed by atoms with Crippen LogP contribution in [0.1, 0.15) is 69.4 Å². The molecule has 2 aromatic carbocycles. The summed E-state index contributed by atoms with van der Waals surface area (Å²) in [5.41, 5.74) is 5.01. The van der Waals surface area contributed by atoms with Gasteiger partial charge in [0.2, 0.25) is 5.91 Å². The number of hydrogen-bond acceptors (Lipinski definition) is 3. The van der Waals surface area contributed by atoms with Gasteiger partial charge in [0.15, 0.2) is 0 Å². The Morgan fingerprint density at radius 3 is 2.11 bits per heavy atom. The highest BCUT2D eigenvalue weighted by atomic mass is 16.4. The highest BCUT2D eigenvalue weighted by molar-refractivity contribution is 5.78. The van der Waals surface area contributed by atoms with Crippen LogP contribution in [0.4, 0.5) is 0 Å². The van der Waals surface area contributed by atoms with E-state index in [2.05, 4.69) is 67.3 Å². The number of aliphatic carboxylic acids is 1. The van der Waals surface area contributed by atoms with Gasteiger partial charge in [-0.15, -0.1) is 0 Å². The van der Waals surface area contributed by atoms with Crippen LogP contribution in [0.15, 0.2) is 48.5 Å². The zero-order valence-corrected chi connectivity index (χ0v) is 21.3. The van der Waals surface area contributed by atoms with Crippen molar-refractivity contribution in [3.05, 3.63) is 59.7 Å². The third-order valence-corrected chi connectivity index (χ3v) is 8.16. The Labute approximate surface area is 210 Å². The second kappa shape index (κ2) is 11.9. The Hall–Kier alpha value is -2.66. The van der Waals surface area contributed by atoms with Crippen molar-refractivity contribution in [2.45, 2.75) is 70.8 Å². The monoisotopic (exact) mass is 476 g/mol. The lowest BCUT2D eigenvalue weighted by Gasteiger charge is -2.31. The molecule has 0 radical (unpaired) electrons. The molecule has 2 unspecified atom stereocenters. The van der Waals surface area contributed by atoms with Crippen molar-refractivity contribution in [1.29, 1.82) is 0 Å². The van der Waals surface area contributed by atoms with E-state index in [-0.39, 0.29) is 17.7 Å². The second-order valence-electron chi connectivity index (χ2n) is 10.4. The average molecular weight is 477 g/mol. The highest BCUT2D eigenvalue weighted by Gasteiger charge is 2.28. The molecule has 2 heterocycles. The van der Waals surface area contributed by atoms with E-state index in [1.807, 2.05) is 4.90 Å². The number of benzene rings is 2. The first-order valence-electron chi connectivity index (χ1n) is 13.4. The number of carbonyl (C=O) groups excluding carboxylic acids is 1. The predicted molar refractivity (Wildman–Crippen MR) is 140 cm³/mol. The molecule has 5 heteroatoms. The molecule has 0 saturated carbocycles. The molecule has 2 aromatic rings. The minimum Gasteiger partial charge on any atom is -0.481 e. The van der Waals surface area contributed by atoms with Crippen molar-refractivity contribution in [1.82, 2.24) is 9.80 Å². The van der Waals surface area contributed by atoms with Gasteiger partial charge in [-0.1, -0.05) is 55.5 Å². The molecule has 2 saturated heterocycles. The van der Waals surface area contributed by atoms with Gasteiger partial charge in [0, 0.05) is 32.1 Å². The third kappa shape index (κ3) is 6.52. The molecule has 188 valence electrons. The maximum Gasteiger partial charge on any atom is 0.306 e. The van der Waals surface area contributed by atoms with E-state index in [4.69, 9.17) is 0 Å². The van der Waals surface area contributed by atoms with E-state index >= 15 is 0 Å². The largest absolute Gasteiger partial charge is 0.481 e. The third-order valence-electron chi connectivity index (χ3n) is 8.16. The lowest BCUT2D eigenvalue weighted by atomic mass is 9.90. The first kappa shape index (κ1) is 25.4. The average Bonchev–Trinajstić information content (AvgIpc) is 3.31. The molecule has 2 aliphatic rings. The number of likely N-dealkylation sites (tertiary alicyclic amines) is 2. The summed E-state index contributed by atoms with van der Waals surface area (Å²) >= 11 is 0. The number of carboxylic acid groups (broad SMARTS) is 1. The molecule has 2 aliphatic heterocycles. The number of carboxylic acids is 1. The van der Waals surface area contributed by atoms with Crippen molar-refractivity contribution in [2.24, 2.45) is 5.92 Å². The van der Waals surface area contributed by atoms with E-state index in [9.17, 15) is 14.7 Å². The highest BCUT2D eigenvalue weighted by Crippen LogP contribution is 2.29. The van der Waals surface area contributed by atoms with Gasteiger partial charge in [-0.25, -0.2) is 0 Å². The van der Waals surface area contributed by atoms with Crippen LogP contribution in [0, 0.1) is 5.92 Å². The van der Waals surface area contributed by atoms with Gasteiger partial charge in [-0.3, -0.25) is 9.59 Å². The zero-order valence-electron chi connectivity index (χ0n) is 21.3. The Bertz CT molecular complexity index is 978. The fourth-order valence-electron chi connectivity index (χ4n) is 5.62. The molecule has 1 N–H and O–H groups in total. The number of rotatable bonds is 9. The first-order chi connectivity index (χ1) is 16.9. The number of amides is 1. The summed E-state index contributed by atoms with van der Waals surface area (Å²) in [6, 6.07) is 18.3. The summed E-state index contributed by atoms with van der Waals surface area (Å²) < 4.78 is 0. The maximum atomic E-state index is 12.9. The van der Waals surface area contributed by atoms with E-state index in [0.717, 1.165) is 25.4 Å². The molecular formula is C30H40N2O3. The topological polar surface area (TPSA) is 60.9 Å². The summed E-state index contributed by atoms with van der Waals surface area (Å²) in [6.07, 6.45) is 6.26. The predicted octanol–water partition coefficient (Wildman–Crippen LogP) is 5.59. The molecule has 5 nitrogen and oxygen atoms in total. The fourth-order valence-corrected chi connectivity index (χ4v) is 5.62. The smallest absolute Gasteiger partial charge is 0.306 e. The second-order valence-corrected chi connectivity index (χ2v) is 10.4. The summed E-state index contributed by atoms with van der Waals surface area (Å²) in [5, 5.41) is 9.18. The maximum absolute atomic E-state index is 12.9. The van der Waals surface area contributed by atoms with E-state index in [0.29, 0.717) is 32.4 Å². The van der Waals surface area contributed by atoms with Crippen LogP contribution < -0.4 is 0 Å². The van der Waals surface area contributed by atoms with Crippen molar-refractivity contribution >= 4 is 11.9 Å². The summed E-state index contributed by atoms with van der Waals surface area (Å²) in [4.78, 5) is 28.5. The van der Waals surface area contributed by atoms with Gasteiger partial charge < -0.3 is 14.9 Å². The lowest BCUT2D eigenvalue weighted by Crippen LogP contribution is -2.40. The van der Waals surface area contributed by atoms with Gasteiger partial charge in [0.25, 0.3) is 0 Å². The summed E-state index contributed by atoms with van der Waals surface area (Å²) in [6.45, 7) is 7.95. The van der Waals surface area contributed by atoms with E-state index in [1.54, 1.807) is 0 Å². The number of piperidine rings is 1. The molecule has 0 aromatic heterocycles. The van der Waals surface area contributed by atoms with E-state index in [1.165, 1.54) is 41.6 Å². The molecule has 0 aliphatic carbocycles. The van der Waals surface area contributed by atoms with Crippen LogP contribution in [0.2, 0.25) is 0 Å². The Balaban J connectivity index is 1.31. The minimum absolute atomic E-state index is 0.142. The quantitative estimate of drug-likeness (QED) is 0.513. The molecule has 2 atom stereocenters. The first-order valence-corrected chi connectivity index (χ1v) is 13.4. The van der Waals surface area contributed by atoms with Crippen molar-refractivity contribution < 1.29 is 14.7 Å². The van der Waals surface area contributed by atoms with Crippen molar-refractivity contribution in [3.63, 3.8) is 0 Å². The minimum atomic E-state index is -0.741. The van der Waals surface area contributed by atoms with Gasteiger partial charge in [-0.2, -0.15) is 0 Å². The van der Waals surface area contributed by atoms with Crippen LogP contribution in [-0.2, 0) is 16.0 Å². The van der Waals surface area contributed by atoms with Crippen molar-refractivity contribution in [2.75, 3.05) is 26.2 Å². The molecule has 2 fully saturated rings. The Kier molecular flexibility index (Phi) is 8.61. The molecule has 35 heavy (non-hydrogen) atoms. The standard InChI is InChI=1S/C30H40N2O3/c1-3-24(21-29(33)32-19-15-28(16-20-32)30(34)35)25-10-12-27(13-11-25)26-8-6-23(7-9-26)14-18-31-17-4-5-22(31)2/h6-13,22,24,28H,3-5,14-21H2,1-2H3,(H,34,35). The van der Waals surface area contributed by atoms with Crippen LogP contribution in [0.3, 0.4) is 0 Å². The lowest BCUT2D eigenvalue weighted by molar-refractivity contribution is -0.145.